The lowest BCUT2D eigenvalue weighted by Crippen LogP contribution is -1.80. The van der Waals surface area contributed by atoms with Crippen molar-refractivity contribution in [1.82, 2.24) is 15.2 Å². The summed E-state index contributed by atoms with van der Waals surface area (Å²) < 4.78 is 5.29. The molecular weight excluding hydrogens is 258 g/mol. The van der Waals surface area contributed by atoms with Gasteiger partial charge < -0.3 is 9.40 Å². The second kappa shape index (κ2) is 3.72. The van der Waals surface area contributed by atoms with E-state index in [1.807, 2.05) is 25.1 Å². The maximum atomic E-state index is 5.97. The van der Waals surface area contributed by atoms with Crippen molar-refractivity contribution >= 4 is 34.7 Å². The van der Waals surface area contributed by atoms with Gasteiger partial charge in [-0.15, -0.1) is 5.10 Å². The van der Waals surface area contributed by atoms with Crippen LogP contribution in [-0.4, -0.2) is 15.2 Å². The fourth-order valence-electron chi connectivity index (χ4n) is 1.85. The van der Waals surface area contributed by atoms with Gasteiger partial charge in [0.25, 0.3) is 10.7 Å². The Bertz CT molecular complexity index is 756. The Hall–Kier alpha value is -1.59. The van der Waals surface area contributed by atoms with Crippen LogP contribution in [-0.2, 0) is 0 Å². The van der Waals surface area contributed by atoms with E-state index in [0.717, 1.165) is 22.2 Å². The summed E-state index contributed by atoms with van der Waals surface area (Å²) in [5.74, 6) is 0.458. The van der Waals surface area contributed by atoms with Crippen molar-refractivity contribution in [3.8, 4) is 11.6 Å². The number of aryl methyl sites for hydroxylation is 1. The summed E-state index contributed by atoms with van der Waals surface area (Å²) in [6, 6.07) is 5.67. The van der Waals surface area contributed by atoms with Gasteiger partial charge in [-0.2, -0.15) is 0 Å². The molecule has 0 amide bonds. The Morgan fingerprint density at radius 1 is 1.41 bits per heavy atom. The van der Waals surface area contributed by atoms with Gasteiger partial charge in [-0.05, 0) is 42.9 Å². The lowest BCUT2D eigenvalue weighted by Gasteiger charge is -1.92. The van der Waals surface area contributed by atoms with Crippen molar-refractivity contribution in [2.75, 3.05) is 0 Å². The molecule has 4 nitrogen and oxygen atoms in total. The van der Waals surface area contributed by atoms with E-state index in [4.69, 9.17) is 28.2 Å². The average Bonchev–Trinajstić information content (AvgIpc) is 2.84. The molecule has 0 fully saturated rings. The van der Waals surface area contributed by atoms with Crippen LogP contribution >= 0.6 is 23.8 Å². The number of aromatic nitrogens is 3. The number of fused-ring (bicyclic) bond motifs is 1. The SMILES string of the molecule is Cc1c(-c2n[nH]c(=S)o2)[nH]c2ccc(Cl)cc12. The van der Waals surface area contributed by atoms with Gasteiger partial charge in [0.1, 0.15) is 5.69 Å². The van der Waals surface area contributed by atoms with Crippen LogP contribution in [0.15, 0.2) is 22.6 Å². The largest absolute Gasteiger partial charge is 0.408 e. The molecule has 0 unspecified atom stereocenters. The predicted octanol–water partition coefficient (Wildman–Crippen LogP) is 3.84. The third-order valence-electron chi connectivity index (χ3n) is 2.67. The van der Waals surface area contributed by atoms with Crippen molar-refractivity contribution in [2.24, 2.45) is 0 Å². The Morgan fingerprint density at radius 3 is 2.94 bits per heavy atom. The summed E-state index contributed by atoms with van der Waals surface area (Å²) in [4.78, 5) is 3.50. The summed E-state index contributed by atoms with van der Waals surface area (Å²) in [5.41, 5.74) is 2.84. The van der Waals surface area contributed by atoms with Gasteiger partial charge in [-0.1, -0.05) is 11.6 Å². The Labute approximate surface area is 107 Å². The summed E-state index contributed by atoms with van der Waals surface area (Å²) in [6.45, 7) is 1.98. The Balaban J connectivity index is 2.31. The van der Waals surface area contributed by atoms with Gasteiger partial charge in [-0.25, -0.2) is 5.10 Å². The number of halogens is 1. The number of nitrogens with zero attached hydrogens (tertiary/aromatic N) is 1. The van der Waals surface area contributed by atoms with Crippen LogP contribution in [0.2, 0.25) is 5.02 Å². The van der Waals surface area contributed by atoms with Gasteiger partial charge in [0.15, 0.2) is 0 Å². The van der Waals surface area contributed by atoms with Crippen LogP contribution in [0.4, 0.5) is 0 Å². The highest BCUT2D eigenvalue weighted by Crippen LogP contribution is 2.30. The minimum absolute atomic E-state index is 0.260. The van der Waals surface area contributed by atoms with E-state index in [0.29, 0.717) is 10.9 Å². The minimum Gasteiger partial charge on any atom is -0.408 e. The number of hydrogen-bond donors (Lipinski definition) is 2. The van der Waals surface area contributed by atoms with Gasteiger partial charge >= 0.3 is 0 Å². The zero-order valence-corrected chi connectivity index (χ0v) is 10.4. The fourth-order valence-corrected chi connectivity index (χ4v) is 2.15. The zero-order chi connectivity index (χ0) is 12.0. The van der Waals surface area contributed by atoms with Gasteiger partial charge in [-0.3, -0.25) is 0 Å². The summed E-state index contributed by atoms with van der Waals surface area (Å²) in [6.07, 6.45) is 0. The Morgan fingerprint density at radius 2 is 2.24 bits per heavy atom. The maximum absolute atomic E-state index is 5.97. The number of rotatable bonds is 1. The number of H-pyrrole nitrogens is 2. The summed E-state index contributed by atoms with van der Waals surface area (Å²) >= 11 is 10.8. The van der Waals surface area contributed by atoms with E-state index >= 15 is 0 Å². The third kappa shape index (κ3) is 1.67. The highest BCUT2D eigenvalue weighted by molar-refractivity contribution is 7.71. The predicted molar refractivity (Wildman–Crippen MR) is 68.7 cm³/mol. The zero-order valence-electron chi connectivity index (χ0n) is 8.87. The molecule has 2 aromatic heterocycles. The number of hydrogen-bond acceptors (Lipinski definition) is 3. The molecule has 86 valence electrons. The van der Waals surface area contributed by atoms with E-state index < -0.39 is 0 Å². The molecule has 0 aliphatic carbocycles. The molecule has 6 heteroatoms. The normalized spacial score (nSPS) is 11.2. The highest BCUT2D eigenvalue weighted by Gasteiger charge is 2.13. The lowest BCUT2D eigenvalue weighted by atomic mass is 10.1. The molecule has 3 aromatic rings. The molecule has 2 N–H and O–H groups in total. The second-order valence-corrected chi connectivity index (χ2v) is 4.54. The first-order valence-electron chi connectivity index (χ1n) is 4.99. The molecule has 17 heavy (non-hydrogen) atoms. The molecule has 0 bridgehead atoms. The van der Waals surface area contributed by atoms with Crippen molar-refractivity contribution < 1.29 is 4.42 Å². The van der Waals surface area contributed by atoms with Crippen LogP contribution in [0.3, 0.4) is 0 Å². The first kappa shape index (κ1) is 10.6. The highest BCUT2D eigenvalue weighted by atomic mass is 35.5. The molecule has 1 aromatic carbocycles. The minimum atomic E-state index is 0.260. The summed E-state index contributed by atoms with van der Waals surface area (Å²) in [5, 5.41) is 8.36. The standard InChI is InChI=1S/C11H8ClN3OS/c1-5-7-4-6(12)2-3-8(7)13-9(5)10-14-15-11(17)16-10/h2-4,13H,1H3,(H,15,17). The van der Waals surface area contributed by atoms with Crippen molar-refractivity contribution in [3.05, 3.63) is 33.6 Å². The van der Waals surface area contributed by atoms with E-state index in [-0.39, 0.29) is 4.84 Å². The first-order chi connectivity index (χ1) is 8.15. The summed E-state index contributed by atoms with van der Waals surface area (Å²) in [7, 11) is 0. The van der Waals surface area contributed by atoms with Crippen LogP contribution in [0.5, 0.6) is 0 Å². The third-order valence-corrected chi connectivity index (χ3v) is 3.08. The molecule has 0 spiro atoms. The fraction of sp³-hybridized carbons (Fsp3) is 0.0909. The van der Waals surface area contributed by atoms with E-state index in [9.17, 15) is 0 Å². The number of benzene rings is 1. The van der Waals surface area contributed by atoms with E-state index in [1.165, 1.54) is 0 Å². The van der Waals surface area contributed by atoms with Crippen molar-refractivity contribution in [3.63, 3.8) is 0 Å². The van der Waals surface area contributed by atoms with Gasteiger partial charge in [0, 0.05) is 15.9 Å². The Kier molecular flexibility index (Phi) is 2.31. The average molecular weight is 266 g/mol. The van der Waals surface area contributed by atoms with Crippen LogP contribution < -0.4 is 0 Å². The van der Waals surface area contributed by atoms with E-state index in [1.54, 1.807) is 0 Å². The van der Waals surface area contributed by atoms with Crippen LogP contribution in [0.25, 0.3) is 22.5 Å². The molecule has 0 saturated heterocycles. The van der Waals surface area contributed by atoms with Crippen molar-refractivity contribution in [1.29, 1.82) is 0 Å². The molecular formula is C11H8ClN3OS. The van der Waals surface area contributed by atoms with Crippen LogP contribution in [0, 0.1) is 11.8 Å². The van der Waals surface area contributed by atoms with E-state index in [2.05, 4.69) is 15.2 Å². The van der Waals surface area contributed by atoms with Gasteiger partial charge in [0.05, 0.1) is 0 Å². The first-order valence-corrected chi connectivity index (χ1v) is 5.77. The van der Waals surface area contributed by atoms with Crippen molar-refractivity contribution in [2.45, 2.75) is 6.92 Å². The molecule has 0 radical (unpaired) electrons. The lowest BCUT2D eigenvalue weighted by molar-refractivity contribution is 0.550. The molecule has 0 atom stereocenters. The molecule has 0 aliphatic rings. The number of aromatic amines is 2. The molecule has 0 aliphatic heterocycles. The molecule has 3 rings (SSSR count). The molecule has 0 saturated carbocycles. The molecule has 2 heterocycles. The second-order valence-electron chi connectivity index (χ2n) is 3.73. The number of nitrogens with one attached hydrogen (secondary N) is 2. The topological polar surface area (TPSA) is 57.6 Å². The smallest absolute Gasteiger partial charge is 0.284 e. The van der Waals surface area contributed by atoms with Gasteiger partial charge in [0.2, 0.25) is 0 Å². The monoisotopic (exact) mass is 265 g/mol. The quantitative estimate of drug-likeness (QED) is 0.657. The van der Waals surface area contributed by atoms with Crippen LogP contribution in [0.1, 0.15) is 5.56 Å². The maximum Gasteiger partial charge on any atom is 0.284 e.